The molecule has 0 aliphatic carbocycles. The lowest BCUT2D eigenvalue weighted by Crippen LogP contribution is -2.38. The Kier molecular flexibility index (Phi) is 15.3. The third-order valence-corrected chi connectivity index (χ3v) is 10.9. The number of anilines is 4. The second kappa shape index (κ2) is 21.8. The van der Waals surface area contributed by atoms with Gasteiger partial charge >= 0.3 is 23.3 Å². The van der Waals surface area contributed by atoms with Gasteiger partial charge in [-0.25, -0.2) is 19.2 Å². The summed E-state index contributed by atoms with van der Waals surface area (Å²) in [7, 11) is 4.19. The van der Waals surface area contributed by atoms with Crippen molar-refractivity contribution in [2.75, 3.05) is 17.7 Å². The zero-order valence-corrected chi connectivity index (χ0v) is 38.6. The van der Waals surface area contributed by atoms with Crippen LogP contribution in [-0.4, -0.2) is 42.4 Å². The van der Waals surface area contributed by atoms with Crippen LogP contribution in [0.15, 0.2) is 177 Å². The van der Waals surface area contributed by atoms with Crippen LogP contribution in [0.4, 0.5) is 23.0 Å². The molecule has 16 nitrogen and oxygen atoms in total. The van der Waals surface area contributed by atoms with Crippen LogP contribution in [-0.2, 0) is 31.9 Å². The molecule has 0 amide bonds. The number of esters is 1. The van der Waals surface area contributed by atoms with Gasteiger partial charge in [-0.2, -0.15) is 0 Å². The minimum atomic E-state index is -1.04. The number of benzene rings is 6. The molecular weight excluding hydrogens is 927 g/mol. The van der Waals surface area contributed by atoms with Crippen LogP contribution in [0.5, 0.6) is 23.0 Å². The summed E-state index contributed by atoms with van der Waals surface area (Å²) >= 11 is 11.9. The number of ether oxygens (including phenoxy) is 3. The lowest BCUT2D eigenvalue weighted by Gasteiger charge is -2.16. The van der Waals surface area contributed by atoms with Crippen molar-refractivity contribution in [2.24, 2.45) is 14.1 Å². The summed E-state index contributed by atoms with van der Waals surface area (Å²) in [6.45, 7) is 0.498. The number of carbonyl (C=O) groups excluding carboxylic acids is 1. The summed E-state index contributed by atoms with van der Waals surface area (Å²) in [5.74, 6) is 1.12. The van der Waals surface area contributed by atoms with E-state index in [1.54, 1.807) is 109 Å². The third kappa shape index (κ3) is 12.4. The molecule has 0 fully saturated rings. The molecule has 0 saturated carbocycles. The van der Waals surface area contributed by atoms with Crippen molar-refractivity contribution in [3.05, 3.63) is 232 Å². The molecule has 18 heteroatoms. The molecule has 0 aliphatic rings. The van der Waals surface area contributed by atoms with Crippen molar-refractivity contribution < 1.29 is 28.9 Å². The highest BCUT2D eigenvalue weighted by Gasteiger charge is 2.14. The highest BCUT2D eigenvalue weighted by atomic mass is 35.5. The molecule has 350 valence electrons. The topological polar surface area (TPSA) is 194 Å². The Bertz CT molecular complexity index is 3390. The lowest BCUT2D eigenvalue weighted by atomic mass is 10.2. The van der Waals surface area contributed by atoms with Crippen molar-refractivity contribution in [2.45, 2.75) is 13.1 Å². The summed E-state index contributed by atoms with van der Waals surface area (Å²) in [6.07, 6.45) is 0. The molecule has 0 spiro atoms. The molecule has 0 radical (unpaired) electrons. The van der Waals surface area contributed by atoms with Gasteiger partial charge in [0, 0.05) is 47.6 Å². The minimum Gasteiger partial charge on any atom is -0.478 e. The molecule has 8 aromatic rings. The van der Waals surface area contributed by atoms with E-state index in [1.807, 2.05) is 24.3 Å². The van der Waals surface area contributed by atoms with E-state index >= 15 is 0 Å². The normalized spacial score (nSPS) is 10.6. The molecule has 0 atom stereocenters. The van der Waals surface area contributed by atoms with Gasteiger partial charge in [-0.15, -0.1) is 0 Å². The first kappa shape index (κ1) is 48.3. The average molecular weight is 970 g/mol. The number of halogens is 2. The fourth-order valence-electron chi connectivity index (χ4n) is 6.68. The zero-order chi connectivity index (χ0) is 49.2. The number of carboxylic acids is 1. The second-order valence-corrected chi connectivity index (χ2v) is 16.1. The third-order valence-electron chi connectivity index (χ3n) is 10.4. The molecule has 2 aromatic heterocycles. The molecule has 3 N–H and O–H groups in total. The van der Waals surface area contributed by atoms with Gasteiger partial charge in [0.15, 0.2) is 0 Å². The van der Waals surface area contributed by atoms with E-state index in [1.165, 1.54) is 54.6 Å². The van der Waals surface area contributed by atoms with Gasteiger partial charge in [0.2, 0.25) is 0 Å². The monoisotopic (exact) mass is 968 g/mol. The van der Waals surface area contributed by atoms with E-state index in [0.717, 1.165) is 20.3 Å². The van der Waals surface area contributed by atoms with Crippen molar-refractivity contribution >= 4 is 58.2 Å². The largest absolute Gasteiger partial charge is 0.478 e. The van der Waals surface area contributed by atoms with Crippen LogP contribution in [0.2, 0.25) is 10.0 Å². The van der Waals surface area contributed by atoms with Crippen molar-refractivity contribution in [1.82, 2.24) is 18.3 Å². The first-order chi connectivity index (χ1) is 33.1. The number of nitrogens with zero attached hydrogens (tertiary/aromatic N) is 4. The number of carboxylic acid groups (broad SMARTS) is 1. The minimum absolute atomic E-state index is 0.125. The Morgan fingerprint density at radius 3 is 1.30 bits per heavy atom. The number of carbonyl (C=O) groups is 2. The Morgan fingerprint density at radius 1 is 0.522 bits per heavy atom. The summed E-state index contributed by atoms with van der Waals surface area (Å²) < 4.78 is 21.3. The number of hydrogen-bond donors (Lipinski definition) is 3. The highest BCUT2D eigenvalue weighted by molar-refractivity contribution is 6.30. The first-order valence-electron chi connectivity index (χ1n) is 20.9. The molecule has 0 bridgehead atoms. The Labute approximate surface area is 403 Å². The number of aromatic carboxylic acids is 1. The van der Waals surface area contributed by atoms with Crippen LogP contribution in [0.1, 0.15) is 31.8 Å². The number of nitrogens with one attached hydrogen (secondary N) is 2. The molecule has 0 aliphatic heterocycles. The average Bonchev–Trinajstić information content (AvgIpc) is 3.35. The maximum Gasteiger partial charge on any atom is 0.337 e. The smallest absolute Gasteiger partial charge is 0.337 e. The summed E-state index contributed by atoms with van der Waals surface area (Å²) in [5, 5.41) is 16.6. The molecule has 69 heavy (non-hydrogen) atoms. The van der Waals surface area contributed by atoms with Crippen molar-refractivity contribution in [3.63, 3.8) is 0 Å². The second-order valence-electron chi connectivity index (χ2n) is 15.2. The van der Waals surface area contributed by atoms with Crippen LogP contribution in [0.3, 0.4) is 0 Å². The molecule has 6 aromatic carbocycles. The van der Waals surface area contributed by atoms with Crippen LogP contribution in [0, 0.1) is 0 Å². The quantitative estimate of drug-likeness (QED) is 0.0877. The van der Waals surface area contributed by atoms with Gasteiger partial charge < -0.3 is 30.0 Å². The Hall–Kier alpha value is -8.60. The molecule has 0 unspecified atom stereocenters. The Balaban J connectivity index is 0.000000204. The fraction of sp³-hybridized carbons (Fsp3) is 0.0980. The van der Waals surface area contributed by atoms with Crippen molar-refractivity contribution in [3.8, 4) is 23.0 Å². The summed E-state index contributed by atoms with van der Waals surface area (Å²) in [5.41, 5.74) is 1.74. The van der Waals surface area contributed by atoms with Gasteiger partial charge in [0.05, 0.1) is 31.3 Å². The standard InChI is InChI=1S/C26H22ClN3O5.C25H20ClN3O5/c1-29-24(31)15-23(30(26(29)33)16-17-6-8-19(27)9-7-17)28-20-10-12-21(13-11-20)35-22-5-3-4-18(14-22)25(32)34-2;1-28-23(30)14-22(29(25(28)33)15-16-5-7-18(26)8-6-16)27-19-9-11-20(12-10-19)34-21-4-2-3-17(13-21)24(31)32/h3-15,28H,16H2,1-2H3;2-14,27H,15H2,1H3,(H,31,32). The number of methoxy groups -OCH3 is 1. The predicted octanol–water partition coefficient (Wildman–Crippen LogP) is 9.05. The summed E-state index contributed by atoms with van der Waals surface area (Å²) in [6, 6.07) is 43.6. The van der Waals surface area contributed by atoms with Crippen LogP contribution in [0.25, 0.3) is 0 Å². The SMILES string of the molecule is COC(=O)c1cccc(Oc2ccc(Nc3cc(=O)n(C)c(=O)n3Cc3ccc(Cl)cc3)cc2)c1.Cn1c(=O)cc(Nc2ccc(Oc3cccc(C(=O)O)c3)cc2)n(Cc2ccc(Cl)cc2)c1=O. The van der Waals surface area contributed by atoms with Gasteiger partial charge in [-0.3, -0.25) is 27.9 Å². The van der Waals surface area contributed by atoms with Crippen LogP contribution >= 0.6 is 23.2 Å². The van der Waals surface area contributed by atoms with Gasteiger partial charge in [0.25, 0.3) is 11.1 Å². The van der Waals surface area contributed by atoms with Gasteiger partial charge in [0.1, 0.15) is 34.6 Å². The number of aromatic nitrogens is 4. The summed E-state index contributed by atoms with van der Waals surface area (Å²) in [4.78, 5) is 73.0. The van der Waals surface area contributed by atoms with Crippen molar-refractivity contribution in [1.29, 1.82) is 0 Å². The first-order valence-corrected chi connectivity index (χ1v) is 21.6. The maximum atomic E-state index is 12.8. The van der Waals surface area contributed by atoms with E-state index in [-0.39, 0.29) is 18.7 Å². The molecule has 2 heterocycles. The fourth-order valence-corrected chi connectivity index (χ4v) is 6.93. The molecule has 8 rings (SSSR count). The predicted molar refractivity (Wildman–Crippen MR) is 264 cm³/mol. The zero-order valence-electron chi connectivity index (χ0n) is 37.1. The maximum absolute atomic E-state index is 12.8. The number of rotatable bonds is 14. The van der Waals surface area contributed by atoms with Gasteiger partial charge in [-0.1, -0.05) is 59.6 Å². The van der Waals surface area contributed by atoms with E-state index < -0.39 is 34.4 Å². The molecular formula is C51H42Cl2N6O10. The van der Waals surface area contributed by atoms with E-state index in [2.05, 4.69) is 10.6 Å². The lowest BCUT2D eigenvalue weighted by molar-refractivity contribution is 0.0599. The van der Waals surface area contributed by atoms with E-state index in [0.29, 0.717) is 61.6 Å². The van der Waals surface area contributed by atoms with E-state index in [4.69, 9.17) is 42.5 Å². The molecule has 0 saturated heterocycles. The Morgan fingerprint density at radius 2 is 0.913 bits per heavy atom. The van der Waals surface area contributed by atoms with Gasteiger partial charge in [-0.05, 0) is 120 Å². The highest BCUT2D eigenvalue weighted by Crippen LogP contribution is 2.27. The van der Waals surface area contributed by atoms with Crippen LogP contribution < -0.4 is 42.6 Å². The number of hydrogen-bond acceptors (Lipinski definition) is 11. The van der Waals surface area contributed by atoms with E-state index in [9.17, 15) is 28.8 Å².